The van der Waals surface area contributed by atoms with Crippen LogP contribution in [-0.4, -0.2) is 4.57 Å². The lowest BCUT2D eigenvalue weighted by molar-refractivity contribution is -0.0399. The summed E-state index contributed by atoms with van der Waals surface area (Å²) in [5.74, 6) is 3.21. The van der Waals surface area contributed by atoms with Crippen LogP contribution in [0.3, 0.4) is 0 Å². The van der Waals surface area contributed by atoms with E-state index in [4.69, 9.17) is 0 Å². The second-order valence-electron chi connectivity index (χ2n) is 17.7. The fourth-order valence-corrected chi connectivity index (χ4v) is 13.1. The first-order valence-electron chi connectivity index (χ1n) is 21.4. The van der Waals surface area contributed by atoms with Gasteiger partial charge in [-0.05, 0) is 143 Å². The Balaban J connectivity index is 1.11. The van der Waals surface area contributed by atoms with Crippen molar-refractivity contribution >= 4 is 49.6 Å². The molecule has 4 bridgehead atoms. The molecule has 1 aromatic heterocycles. The normalized spacial score (nSPS) is 22.6. The summed E-state index contributed by atoms with van der Waals surface area (Å²) >= 11 is 0. The molecule has 2 nitrogen and oxygen atoms in total. The van der Waals surface area contributed by atoms with Gasteiger partial charge in [0.05, 0.1) is 22.4 Å². The Morgan fingerprint density at radius 3 is 1.84 bits per heavy atom. The van der Waals surface area contributed by atoms with Crippen LogP contribution in [0, 0.1) is 23.7 Å². The van der Waals surface area contributed by atoms with Crippen molar-refractivity contribution in [3.05, 3.63) is 193 Å². The Kier molecular flexibility index (Phi) is 6.94. The Morgan fingerprint density at radius 2 is 1.05 bits per heavy atom. The highest BCUT2D eigenvalue weighted by Crippen LogP contribution is 2.69. The lowest BCUT2D eigenvalue weighted by atomic mass is 9.43. The largest absolute Gasteiger partial charge is 0.309 e. The van der Waals surface area contributed by atoms with E-state index in [0.717, 1.165) is 11.8 Å². The molecule has 8 aromatic carbocycles. The molecule has 4 fully saturated rings. The van der Waals surface area contributed by atoms with Crippen LogP contribution < -0.4 is 4.90 Å². The van der Waals surface area contributed by atoms with E-state index in [1.54, 1.807) is 11.1 Å². The smallest absolute Gasteiger partial charge is 0.0562 e. The number of benzene rings is 8. The highest BCUT2D eigenvalue weighted by molar-refractivity contribution is 6.18. The number of anilines is 3. The molecule has 58 heavy (non-hydrogen) atoms. The van der Waals surface area contributed by atoms with Crippen molar-refractivity contribution < 1.29 is 0 Å². The van der Waals surface area contributed by atoms with Gasteiger partial charge in [-0.3, -0.25) is 0 Å². The summed E-state index contributed by atoms with van der Waals surface area (Å²) in [6.07, 6.45) is 6.95. The van der Waals surface area contributed by atoms with Crippen LogP contribution in [0.2, 0.25) is 0 Å². The number of nitrogens with zero attached hydrogens (tertiary/aromatic N) is 2. The van der Waals surface area contributed by atoms with Gasteiger partial charge in [-0.15, -0.1) is 0 Å². The molecular formula is C56H44N2. The third-order valence-electron chi connectivity index (χ3n) is 15.0. The van der Waals surface area contributed by atoms with Crippen LogP contribution in [0.1, 0.15) is 43.2 Å². The van der Waals surface area contributed by atoms with Gasteiger partial charge < -0.3 is 9.47 Å². The van der Waals surface area contributed by atoms with E-state index in [1.165, 1.54) is 110 Å². The number of rotatable bonds is 5. The molecule has 0 amide bonds. The summed E-state index contributed by atoms with van der Waals surface area (Å²) in [7, 11) is 0. The molecule has 4 saturated carbocycles. The minimum Gasteiger partial charge on any atom is -0.309 e. The molecule has 0 saturated heterocycles. The monoisotopic (exact) mass is 744 g/mol. The second kappa shape index (κ2) is 12.3. The summed E-state index contributed by atoms with van der Waals surface area (Å²) in [6, 6.07) is 68.5. The highest BCUT2D eigenvalue weighted by Gasteiger charge is 2.61. The predicted molar refractivity (Wildman–Crippen MR) is 242 cm³/mol. The Morgan fingerprint density at radius 1 is 0.431 bits per heavy atom. The van der Waals surface area contributed by atoms with Gasteiger partial charge in [0.2, 0.25) is 0 Å². The fourth-order valence-electron chi connectivity index (χ4n) is 13.1. The van der Waals surface area contributed by atoms with Crippen LogP contribution >= 0.6 is 0 Å². The molecule has 1 spiro atoms. The zero-order valence-corrected chi connectivity index (χ0v) is 32.6. The molecular weight excluding hydrogens is 701 g/mol. The predicted octanol–water partition coefficient (Wildman–Crippen LogP) is 14.8. The molecule has 1 heterocycles. The van der Waals surface area contributed by atoms with Crippen LogP contribution in [0.25, 0.3) is 60.5 Å². The van der Waals surface area contributed by atoms with Gasteiger partial charge in [0.25, 0.3) is 0 Å². The van der Waals surface area contributed by atoms with Crippen LogP contribution in [0.4, 0.5) is 17.1 Å². The topological polar surface area (TPSA) is 8.17 Å². The number of aromatic nitrogens is 1. The summed E-state index contributed by atoms with van der Waals surface area (Å²) in [4.78, 5) is 2.62. The molecule has 0 atom stereocenters. The third-order valence-corrected chi connectivity index (χ3v) is 15.0. The summed E-state index contributed by atoms with van der Waals surface area (Å²) in [6.45, 7) is 0. The first-order chi connectivity index (χ1) is 28.8. The number of fused-ring (bicyclic) bond motifs is 7. The van der Waals surface area contributed by atoms with Gasteiger partial charge in [-0.25, -0.2) is 0 Å². The van der Waals surface area contributed by atoms with E-state index >= 15 is 0 Å². The molecule has 0 unspecified atom stereocenters. The first kappa shape index (κ1) is 32.7. The quantitative estimate of drug-likeness (QED) is 0.170. The SMILES string of the molecule is c1ccc(-c2ccc(N(c3ccc4c(c3)C3(c5ccccc5-4)C4CC5CC(C4)CC3C5)c3cccc4c3c3ccccc3n4-c3ccccc3)c3ccccc23)cc1. The summed E-state index contributed by atoms with van der Waals surface area (Å²) < 4.78 is 2.45. The molecule has 14 rings (SSSR count). The maximum atomic E-state index is 2.66. The summed E-state index contributed by atoms with van der Waals surface area (Å²) in [5.41, 5.74) is 15.9. The van der Waals surface area contributed by atoms with E-state index < -0.39 is 0 Å². The van der Waals surface area contributed by atoms with Crippen molar-refractivity contribution in [3.63, 3.8) is 0 Å². The molecule has 2 heteroatoms. The zero-order valence-electron chi connectivity index (χ0n) is 32.6. The highest BCUT2D eigenvalue weighted by atomic mass is 15.2. The number of para-hydroxylation sites is 2. The van der Waals surface area contributed by atoms with E-state index in [2.05, 4.69) is 191 Å². The zero-order chi connectivity index (χ0) is 38.0. The summed E-state index contributed by atoms with van der Waals surface area (Å²) in [5, 5.41) is 5.05. The van der Waals surface area contributed by atoms with Gasteiger partial charge in [-0.2, -0.15) is 0 Å². The van der Waals surface area contributed by atoms with Crippen molar-refractivity contribution in [2.24, 2.45) is 23.7 Å². The number of hydrogen-bond donors (Lipinski definition) is 0. The first-order valence-corrected chi connectivity index (χ1v) is 21.4. The van der Waals surface area contributed by atoms with Crippen molar-refractivity contribution in [2.45, 2.75) is 37.5 Å². The van der Waals surface area contributed by atoms with Crippen molar-refractivity contribution in [1.29, 1.82) is 0 Å². The van der Waals surface area contributed by atoms with E-state index in [0.29, 0.717) is 11.8 Å². The Hall–Kier alpha value is -6.38. The van der Waals surface area contributed by atoms with E-state index in [-0.39, 0.29) is 5.41 Å². The molecule has 278 valence electrons. The van der Waals surface area contributed by atoms with Crippen LogP contribution in [0.5, 0.6) is 0 Å². The second-order valence-corrected chi connectivity index (χ2v) is 17.7. The Bertz CT molecular complexity index is 3050. The maximum Gasteiger partial charge on any atom is 0.0562 e. The third kappa shape index (κ3) is 4.44. The lowest BCUT2D eigenvalue weighted by Gasteiger charge is -2.61. The maximum absolute atomic E-state index is 2.66. The molecule has 0 aliphatic heterocycles. The average molecular weight is 745 g/mol. The van der Waals surface area contributed by atoms with Gasteiger partial charge in [0.1, 0.15) is 0 Å². The van der Waals surface area contributed by atoms with Gasteiger partial charge in [-0.1, -0.05) is 133 Å². The van der Waals surface area contributed by atoms with Gasteiger partial charge >= 0.3 is 0 Å². The lowest BCUT2D eigenvalue weighted by Crippen LogP contribution is -2.55. The minimum atomic E-state index is 0.0790. The molecule has 9 aromatic rings. The Labute approximate surface area is 340 Å². The molecule has 0 radical (unpaired) electrons. The van der Waals surface area contributed by atoms with Crippen molar-refractivity contribution in [2.75, 3.05) is 4.90 Å². The molecule has 5 aliphatic rings. The van der Waals surface area contributed by atoms with Gasteiger partial charge in [0.15, 0.2) is 0 Å². The van der Waals surface area contributed by atoms with Crippen LogP contribution in [-0.2, 0) is 5.41 Å². The van der Waals surface area contributed by atoms with E-state index in [1.807, 2.05) is 0 Å². The van der Waals surface area contributed by atoms with Crippen LogP contribution in [0.15, 0.2) is 182 Å². The molecule has 5 aliphatic carbocycles. The average Bonchev–Trinajstić information content (AvgIpc) is 3.77. The van der Waals surface area contributed by atoms with E-state index in [9.17, 15) is 0 Å². The number of hydrogen-bond acceptors (Lipinski definition) is 1. The van der Waals surface area contributed by atoms with Crippen molar-refractivity contribution in [1.82, 2.24) is 4.57 Å². The molecule has 0 N–H and O–H groups in total. The van der Waals surface area contributed by atoms with Gasteiger partial charge in [0, 0.05) is 32.9 Å². The fraction of sp³-hybridized carbons (Fsp3) is 0.179. The minimum absolute atomic E-state index is 0.0790. The van der Waals surface area contributed by atoms with Crippen molar-refractivity contribution in [3.8, 4) is 27.9 Å². The standard InChI is InChI=1S/C56H44N2/c1-3-14-38(15-4-1)43-28-29-52(47-20-8-7-18-44(43)47)58(54-25-13-24-53-55(54)48-21-10-12-23-51(48)57(53)41-16-5-2-6-17-41)42-26-27-46-45-19-9-11-22-49(45)56(50(46)35-42)39-31-36-30-37(33-39)34-40(56)32-36/h1-29,35-37,39-40H,30-34H2.